The molecule has 0 aliphatic carbocycles. The zero-order valence-electron chi connectivity index (χ0n) is 7.16. The fourth-order valence-electron chi connectivity index (χ4n) is 0.639. The van der Waals surface area contributed by atoms with Crippen LogP contribution >= 0.6 is 23.2 Å². The Balaban J connectivity index is 3.05. The standard InChI is InChI=1S/C6H7Cl2N3O2S/c1-2-14(12,13)11-6-4(7)5(8)9-3-10-6/h3H,2H2,1H3,(H,9,10,11). The minimum Gasteiger partial charge on any atom is -0.266 e. The van der Waals surface area contributed by atoms with Crippen molar-refractivity contribution in [1.82, 2.24) is 9.97 Å². The highest BCUT2D eigenvalue weighted by Gasteiger charge is 2.13. The van der Waals surface area contributed by atoms with Crippen LogP contribution < -0.4 is 4.72 Å². The summed E-state index contributed by atoms with van der Waals surface area (Å²) in [4.78, 5) is 7.24. The van der Waals surface area contributed by atoms with Gasteiger partial charge in [-0.15, -0.1) is 0 Å². The number of rotatable bonds is 3. The summed E-state index contributed by atoms with van der Waals surface area (Å²) in [6.07, 6.45) is 1.13. The molecule has 1 aromatic heterocycles. The fourth-order valence-corrected chi connectivity index (χ4v) is 1.57. The molecule has 1 aromatic rings. The fraction of sp³-hybridized carbons (Fsp3) is 0.333. The first kappa shape index (κ1) is 11.5. The van der Waals surface area contributed by atoms with Crippen LogP contribution in [-0.4, -0.2) is 24.1 Å². The molecule has 1 N–H and O–H groups in total. The molecule has 0 saturated carbocycles. The van der Waals surface area contributed by atoms with E-state index in [0.717, 1.165) is 6.33 Å². The Kier molecular flexibility index (Phi) is 3.52. The van der Waals surface area contributed by atoms with Crippen molar-refractivity contribution < 1.29 is 8.42 Å². The summed E-state index contributed by atoms with van der Waals surface area (Å²) in [6.45, 7) is 1.50. The topological polar surface area (TPSA) is 72.0 Å². The molecule has 0 saturated heterocycles. The second kappa shape index (κ2) is 4.29. The zero-order chi connectivity index (χ0) is 10.8. The summed E-state index contributed by atoms with van der Waals surface area (Å²) in [7, 11) is -3.40. The van der Waals surface area contributed by atoms with Crippen LogP contribution in [0.5, 0.6) is 0 Å². The Hall–Kier alpha value is -0.590. The lowest BCUT2D eigenvalue weighted by molar-refractivity contribution is 0.602. The molecular weight excluding hydrogens is 249 g/mol. The van der Waals surface area contributed by atoms with Crippen LogP contribution in [0.25, 0.3) is 0 Å². The zero-order valence-corrected chi connectivity index (χ0v) is 9.49. The molecule has 78 valence electrons. The van der Waals surface area contributed by atoms with Crippen LogP contribution in [0.1, 0.15) is 6.92 Å². The summed E-state index contributed by atoms with van der Waals surface area (Å²) >= 11 is 11.2. The smallest absolute Gasteiger partial charge is 0.233 e. The van der Waals surface area contributed by atoms with E-state index in [1.807, 2.05) is 0 Å². The summed E-state index contributed by atoms with van der Waals surface area (Å²) in [5.74, 6) is -0.0705. The number of nitrogens with zero attached hydrogens (tertiary/aromatic N) is 2. The van der Waals surface area contributed by atoms with E-state index in [9.17, 15) is 8.42 Å². The van der Waals surface area contributed by atoms with Crippen LogP contribution in [0.15, 0.2) is 6.33 Å². The molecule has 1 rings (SSSR count). The minimum absolute atomic E-state index is 0.00600. The van der Waals surface area contributed by atoms with Gasteiger partial charge in [0.25, 0.3) is 0 Å². The molecular formula is C6H7Cl2N3O2S. The molecule has 0 aromatic carbocycles. The summed E-state index contributed by atoms with van der Waals surface area (Å²) in [6, 6.07) is 0. The second-order valence-corrected chi connectivity index (χ2v) is 5.08. The van der Waals surface area contributed by atoms with Gasteiger partial charge < -0.3 is 0 Å². The number of aromatic nitrogens is 2. The minimum atomic E-state index is -3.40. The normalized spacial score (nSPS) is 11.4. The van der Waals surface area contributed by atoms with Crippen molar-refractivity contribution >= 4 is 39.0 Å². The van der Waals surface area contributed by atoms with E-state index < -0.39 is 10.0 Å². The van der Waals surface area contributed by atoms with Gasteiger partial charge in [0.15, 0.2) is 11.0 Å². The second-order valence-electron chi connectivity index (χ2n) is 2.33. The molecule has 8 heteroatoms. The van der Waals surface area contributed by atoms with Crippen molar-refractivity contribution in [3.05, 3.63) is 16.5 Å². The largest absolute Gasteiger partial charge is 0.266 e. The quantitative estimate of drug-likeness (QED) is 0.832. The first-order valence-electron chi connectivity index (χ1n) is 3.62. The van der Waals surface area contributed by atoms with Crippen LogP contribution in [0.4, 0.5) is 5.82 Å². The lowest BCUT2D eigenvalue weighted by atomic mass is 10.6. The SMILES string of the molecule is CCS(=O)(=O)Nc1ncnc(Cl)c1Cl. The maximum absolute atomic E-state index is 11.2. The average Bonchev–Trinajstić information content (AvgIpc) is 2.13. The average molecular weight is 256 g/mol. The third-order valence-electron chi connectivity index (χ3n) is 1.38. The Morgan fingerprint density at radius 2 is 2.07 bits per heavy atom. The summed E-state index contributed by atoms with van der Waals surface area (Å²) < 4.78 is 24.5. The molecule has 0 aliphatic rings. The summed E-state index contributed by atoms with van der Waals surface area (Å²) in [5.41, 5.74) is 0. The highest BCUT2D eigenvalue weighted by Crippen LogP contribution is 2.25. The Morgan fingerprint density at radius 1 is 1.43 bits per heavy atom. The molecule has 0 aliphatic heterocycles. The van der Waals surface area contributed by atoms with E-state index in [1.54, 1.807) is 0 Å². The number of nitrogens with one attached hydrogen (secondary N) is 1. The number of sulfonamides is 1. The highest BCUT2D eigenvalue weighted by molar-refractivity contribution is 7.92. The van der Waals surface area contributed by atoms with Crippen LogP contribution in [0, 0.1) is 0 Å². The molecule has 1 heterocycles. The van der Waals surface area contributed by atoms with E-state index in [-0.39, 0.29) is 21.7 Å². The van der Waals surface area contributed by atoms with Crippen molar-refractivity contribution in [2.45, 2.75) is 6.92 Å². The maximum Gasteiger partial charge on any atom is 0.233 e. The Morgan fingerprint density at radius 3 is 2.64 bits per heavy atom. The van der Waals surface area contributed by atoms with Crippen LogP contribution in [-0.2, 0) is 10.0 Å². The number of hydrogen-bond acceptors (Lipinski definition) is 4. The first-order chi connectivity index (χ1) is 6.46. The third kappa shape index (κ3) is 2.70. The van der Waals surface area contributed by atoms with E-state index in [1.165, 1.54) is 6.92 Å². The van der Waals surface area contributed by atoms with Gasteiger partial charge in [0, 0.05) is 0 Å². The Labute approximate surface area is 91.5 Å². The molecule has 0 bridgehead atoms. The molecule has 0 unspecified atom stereocenters. The van der Waals surface area contributed by atoms with Gasteiger partial charge in [0.05, 0.1) is 5.75 Å². The monoisotopic (exact) mass is 255 g/mol. The Bertz CT molecular complexity index is 435. The first-order valence-corrected chi connectivity index (χ1v) is 6.03. The van der Waals surface area contributed by atoms with Gasteiger partial charge in [-0.05, 0) is 6.92 Å². The van der Waals surface area contributed by atoms with Crippen LogP contribution in [0.3, 0.4) is 0 Å². The number of hydrogen-bond donors (Lipinski definition) is 1. The van der Waals surface area contributed by atoms with E-state index in [0.29, 0.717) is 0 Å². The van der Waals surface area contributed by atoms with Crippen molar-refractivity contribution in [3.63, 3.8) is 0 Å². The van der Waals surface area contributed by atoms with E-state index >= 15 is 0 Å². The van der Waals surface area contributed by atoms with Crippen molar-refractivity contribution in [2.24, 2.45) is 0 Å². The number of anilines is 1. The molecule has 0 amide bonds. The predicted octanol–water partition coefficient (Wildman–Crippen LogP) is 1.54. The summed E-state index contributed by atoms with van der Waals surface area (Å²) in [5, 5.41) is 0.00154. The van der Waals surface area contributed by atoms with Crippen molar-refractivity contribution in [2.75, 3.05) is 10.5 Å². The lowest BCUT2D eigenvalue weighted by Gasteiger charge is -2.06. The highest BCUT2D eigenvalue weighted by atomic mass is 35.5. The molecule has 14 heavy (non-hydrogen) atoms. The van der Waals surface area contributed by atoms with Gasteiger partial charge >= 0.3 is 0 Å². The molecule has 0 radical (unpaired) electrons. The van der Waals surface area contributed by atoms with Crippen LogP contribution in [0.2, 0.25) is 10.2 Å². The molecule has 0 fully saturated rings. The van der Waals surface area contributed by atoms with Gasteiger partial charge in [0.1, 0.15) is 11.3 Å². The maximum atomic E-state index is 11.2. The van der Waals surface area contributed by atoms with Gasteiger partial charge in [0.2, 0.25) is 10.0 Å². The molecule has 5 nitrogen and oxygen atoms in total. The van der Waals surface area contributed by atoms with E-state index in [4.69, 9.17) is 23.2 Å². The molecule has 0 atom stereocenters. The van der Waals surface area contributed by atoms with Crippen molar-refractivity contribution in [3.8, 4) is 0 Å². The van der Waals surface area contributed by atoms with Crippen molar-refractivity contribution in [1.29, 1.82) is 0 Å². The van der Waals surface area contributed by atoms with Gasteiger partial charge in [-0.25, -0.2) is 18.4 Å². The number of halogens is 2. The van der Waals surface area contributed by atoms with Gasteiger partial charge in [-0.1, -0.05) is 23.2 Å². The van der Waals surface area contributed by atoms with Gasteiger partial charge in [-0.3, -0.25) is 4.72 Å². The predicted molar refractivity (Wildman–Crippen MR) is 55.1 cm³/mol. The van der Waals surface area contributed by atoms with E-state index in [2.05, 4.69) is 14.7 Å². The lowest BCUT2D eigenvalue weighted by Crippen LogP contribution is -2.16. The van der Waals surface area contributed by atoms with Gasteiger partial charge in [-0.2, -0.15) is 0 Å². The third-order valence-corrected chi connectivity index (χ3v) is 3.38. The molecule has 0 spiro atoms.